The van der Waals surface area contributed by atoms with Gasteiger partial charge < -0.3 is 15.2 Å². The number of carbonyl (C=O) groups excluding carboxylic acids is 1. The Kier molecular flexibility index (Phi) is 12.5. The van der Waals surface area contributed by atoms with Crippen molar-refractivity contribution in [1.82, 2.24) is 5.32 Å². The van der Waals surface area contributed by atoms with E-state index in [0.717, 1.165) is 5.57 Å². The molecular formula is C19H33NO4. The van der Waals surface area contributed by atoms with Crippen LogP contribution in [-0.2, 0) is 9.53 Å². The van der Waals surface area contributed by atoms with E-state index >= 15 is 0 Å². The second kappa shape index (κ2) is 12.4. The maximum atomic E-state index is 11.9. The van der Waals surface area contributed by atoms with Crippen LogP contribution < -0.4 is 5.32 Å². The molecule has 0 radical (unpaired) electrons. The number of alkyl carbamates (subject to hydrolysis) is 1. The van der Waals surface area contributed by atoms with E-state index < -0.39 is 29.6 Å². The number of rotatable bonds is 7. The Hall–Kier alpha value is -2.04. The first-order valence-corrected chi connectivity index (χ1v) is 8.27. The van der Waals surface area contributed by atoms with Crippen LogP contribution in [0.25, 0.3) is 0 Å². The lowest BCUT2D eigenvalue weighted by Gasteiger charge is -2.26. The molecule has 0 aromatic rings. The highest BCUT2D eigenvalue weighted by Gasteiger charge is 2.27. The number of aliphatic carboxylic acids is 1. The van der Waals surface area contributed by atoms with Gasteiger partial charge in [-0.15, -0.1) is 0 Å². The Morgan fingerprint density at radius 3 is 2.21 bits per heavy atom. The molecule has 0 aliphatic heterocycles. The number of ether oxygens (including phenoxy) is 1. The number of hydrogen-bond acceptors (Lipinski definition) is 3. The molecule has 1 amide bonds. The maximum Gasteiger partial charge on any atom is 0.407 e. The fourth-order valence-electron chi connectivity index (χ4n) is 1.71. The molecule has 0 fully saturated rings. The SMILES string of the molecule is C=C/C=C\C(=C/C)CC(NC(=O)OC(C)(C)C)C(C)C(=O)O.CC. The van der Waals surface area contributed by atoms with E-state index in [0.29, 0.717) is 6.42 Å². The van der Waals surface area contributed by atoms with Gasteiger partial charge in [0.05, 0.1) is 5.92 Å². The molecule has 0 spiro atoms. The molecule has 0 saturated heterocycles. The predicted molar refractivity (Wildman–Crippen MR) is 99.0 cm³/mol. The van der Waals surface area contributed by atoms with Gasteiger partial charge in [-0.05, 0) is 41.0 Å². The summed E-state index contributed by atoms with van der Waals surface area (Å²) in [5, 5.41) is 11.9. The van der Waals surface area contributed by atoms with Crippen LogP contribution in [0.3, 0.4) is 0 Å². The molecule has 2 unspecified atom stereocenters. The summed E-state index contributed by atoms with van der Waals surface area (Å²) in [7, 11) is 0. The number of carboxylic acid groups (broad SMARTS) is 1. The van der Waals surface area contributed by atoms with Crippen LogP contribution in [0.1, 0.15) is 54.9 Å². The zero-order valence-corrected chi connectivity index (χ0v) is 16.1. The van der Waals surface area contributed by atoms with Crippen molar-refractivity contribution >= 4 is 12.1 Å². The van der Waals surface area contributed by atoms with Gasteiger partial charge in [0.2, 0.25) is 0 Å². The minimum absolute atomic E-state index is 0.396. The topological polar surface area (TPSA) is 75.6 Å². The molecule has 0 aromatic carbocycles. The van der Waals surface area contributed by atoms with Crippen LogP contribution >= 0.6 is 0 Å². The molecule has 5 heteroatoms. The third-order valence-electron chi connectivity index (χ3n) is 2.97. The zero-order chi connectivity index (χ0) is 19.3. The van der Waals surface area contributed by atoms with Crippen molar-refractivity contribution in [3.05, 3.63) is 36.5 Å². The molecule has 5 nitrogen and oxygen atoms in total. The van der Waals surface area contributed by atoms with Crippen molar-refractivity contribution in [2.45, 2.75) is 66.5 Å². The normalized spacial score (nSPS) is 14.2. The molecule has 0 aliphatic carbocycles. The van der Waals surface area contributed by atoms with Crippen molar-refractivity contribution < 1.29 is 19.4 Å². The van der Waals surface area contributed by atoms with E-state index in [1.165, 1.54) is 0 Å². The Balaban J connectivity index is 0. The average molecular weight is 339 g/mol. The van der Waals surface area contributed by atoms with Crippen LogP contribution in [0.4, 0.5) is 4.79 Å². The second-order valence-corrected chi connectivity index (χ2v) is 6.04. The molecule has 0 aromatic heterocycles. The molecule has 0 bridgehead atoms. The van der Waals surface area contributed by atoms with Crippen LogP contribution in [0.15, 0.2) is 36.5 Å². The van der Waals surface area contributed by atoms with Crippen molar-refractivity contribution in [2.75, 3.05) is 0 Å². The number of carboxylic acids is 1. The van der Waals surface area contributed by atoms with Gasteiger partial charge in [-0.25, -0.2) is 4.79 Å². The molecule has 24 heavy (non-hydrogen) atoms. The summed E-state index contributed by atoms with van der Waals surface area (Å²) in [5.41, 5.74) is 0.279. The lowest BCUT2D eigenvalue weighted by molar-refractivity contribution is -0.142. The van der Waals surface area contributed by atoms with E-state index in [1.807, 2.05) is 32.9 Å². The summed E-state index contributed by atoms with van der Waals surface area (Å²) >= 11 is 0. The summed E-state index contributed by atoms with van der Waals surface area (Å²) in [6, 6.07) is -0.562. The molecule has 0 saturated carbocycles. The molecule has 0 aliphatic rings. The Bertz CT molecular complexity index is 458. The number of nitrogens with one attached hydrogen (secondary N) is 1. The van der Waals surface area contributed by atoms with E-state index in [-0.39, 0.29) is 0 Å². The van der Waals surface area contributed by atoms with Gasteiger partial charge >= 0.3 is 12.1 Å². The number of amides is 1. The van der Waals surface area contributed by atoms with E-state index in [9.17, 15) is 14.7 Å². The van der Waals surface area contributed by atoms with Gasteiger partial charge in [0, 0.05) is 6.04 Å². The first-order valence-electron chi connectivity index (χ1n) is 8.27. The smallest absolute Gasteiger partial charge is 0.407 e. The summed E-state index contributed by atoms with van der Waals surface area (Å²) < 4.78 is 5.20. The second-order valence-electron chi connectivity index (χ2n) is 6.04. The molecule has 2 atom stereocenters. The van der Waals surface area contributed by atoms with Crippen molar-refractivity contribution in [3.63, 3.8) is 0 Å². The molecule has 2 N–H and O–H groups in total. The molecule has 0 heterocycles. The fraction of sp³-hybridized carbons (Fsp3) is 0.579. The number of allylic oxidation sites excluding steroid dienone is 4. The van der Waals surface area contributed by atoms with Crippen molar-refractivity contribution in [1.29, 1.82) is 0 Å². The highest BCUT2D eigenvalue weighted by Crippen LogP contribution is 2.16. The molecule has 138 valence electrons. The lowest BCUT2D eigenvalue weighted by Crippen LogP contribution is -2.44. The van der Waals surface area contributed by atoms with Crippen molar-refractivity contribution in [3.8, 4) is 0 Å². The summed E-state index contributed by atoms with van der Waals surface area (Å²) in [5.74, 6) is -1.70. The standard InChI is InChI=1S/C17H27NO4.C2H6/c1-7-9-10-13(8-2)11-14(12(3)15(19)20)18-16(21)22-17(4,5)6;1-2/h7-10,12,14H,1,11H2,2-6H3,(H,18,21)(H,19,20);1-2H3/b10-9-,13-8+;. The Labute approximate surface area is 146 Å². The summed E-state index contributed by atoms with van der Waals surface area (Å²) in [6.07, 6.45) is 6.90. The molecule has 0 rings (SSSR count). The summed E-state index contributed by atoms with van der Waals surface area (Å²) in [4.78, 5) is 23.1. The molecular weight excluding hydrogens is 306 g/mol. The van der Waals surface area contributed by atoms with Gasteiger partial charge in [-0.1, -0.05) is 50.3 Å². The third kappa shape index (κ3) is 11.5. The first kappa shape index (κ1) is 24.2. The number of hydrogen-bond donors (Lipinski definition) is 2. The Morgan fingerprint density at radius 1 is 1.29 bits per heavy atom. The highest BCUT2D eigenvalue weighted by atomic mass is 16.6. The number of carbonyl (C=O) groups is 2. The van der Waals surface area contributed by atoms with Crippen LogP contribution in [0.2, 0.25) is 0 Å². The van der Waals surface area contributed by atoms with Crippen LogP contribution in [0, 0.1) is 5.92 Å². The van der Waals surface area contributed by atoms with E-state index in [2.05, 4.69) is 11.9 Å². The average Bonchev–Trinajstić information content (AvgIpc) is 2.49. The van der Waals surface area contributed by atoms with E-state index in [1.54, 1.807) is 39.8 Å². The third-order valence-corrected chi connectivity index (χ3v) is 2.97. The maximum absolute atomic E-state index is 11.9. The van der Waals surface area contributed by atoms with Gasteiger partial charge in [0.15, 0.2) is 0 Å². The Morgan fingerprint density at radius 2 is 1.83 bits per heavy atom. The fourth-order valence-corrected chi connectivity index (χ4v) is 1.71. The zero-order valence-electron chi connectivity index (χ0n) is 16.1. The minimum Gasteiger partial charge on any atom is -0.481 e. The predicted octanol–water partition coefficient (Wildman–Crippen LogP) is 4.71. The monoisotopic (exact) mass is 339 g/mol. The highest BCUT2D eigenvalue weighted by molar-refractivity contribution is 5.73. The first-order chi connectivity index (χ1) is 11.1. The van der Waals surface area contributed by atoms with Crippen LogP contribution in [-0.4, -0.2) is 28.8 Å². The van der Waals surface area contributed by atoms with Gasteiger partial charge in [-0.3, -0.25) is 4.79 Å². The van der Waals surface area contributed by atoms with E-state index in [4.69, 9.17) is 4.74 Å². The summed E-state index contributed by atoms with van der Waals surface area (Å²) in [6.45, 7) is 16.3. The van der Waals surface area contributed by atoms with Gasteiger partial charge in [0.1, 0.15) is 5.60 Å². The minimum atomic E-state index is -0.968. The van der Waals surface area contributed by atoms with Gasteiger partial charge in [-0.2, -0.15) is 0 Å². The van der Waals surface area contributed by atoms with Crippen molar-refractivity contribution in [2.24, 2.45) is 5.92 Å². The quantitative estimate of drug-likeness (QED) is 0.659. The largest absolute Gasteiger partial charge is 0.481 e. The van der Waals surface area contributed by atoms with Gasteiger partial charge in [0.25, 0.3) is 0 Å². The lowest BCUT2D eigenvalue weighted by atomic mass is 9.94. The van der Waals surface area contributed by atoms with Crippen LogP contribution in [0.5, 0.6) is 0 Å².